The number of hydrogen-bond acceptors (Lipinski definition) is 2. The second-order valence-electron chi connectivity index (χ2n) is 4.36. The molecule has 0 aromatic heterocycles. The van der Waals surface area contributed by atoms with Gasteiger partial charge in [0.2, 0.25) is 0 Å². The van der Waals surface area contributed by atoms with Gasteiger partial charge in [0.15, 0.2) is 0 Å². The van der Waals surface area contributed by atoms with E-state index in [1.165, 1.54) is 33.0 Å². The van der Waals surface area contributed by atoms with E-state index in [1.807, 2.05) is 0 Å². The van der Waals surface area contributed by atoms with E-state index in [0.717, 1.165) is 11.0 Å². The predicted octanol–water partition coefficient (Wildman–Crippen LogP) is 2.41. The highest BCUT2D eigenvalue weighted by atomic mass is 35.5. The molecule has 0 heterocycles. The molecule has 6 heteroatoms. The molecule has 4 nitrogen and oxygen atoms in total. The van der Waals surface area contributed by atoms with Crippen molar-refractivity contribution in [1.29, 1.82) is 0 Å². The summed E-state index contributed by atoms with van der Waals surface area (Å²) < 4.78 is 13.0. The van der Waals surface area contributed by atoms with Crippen LogP contribution in [0.2, 0.25) is 5.02 Å². The van der Waals surface area contributed by atoms with Gasteiger partial charge < -0.3 is 10.0 Å². The first-order chi connectivity index (χ1) is 8.17. The van der Waals surface area contributed by atoms with E-state index in [-0.39, 0.29) is 10.6 Å². The van der Waals surface area contributed by atoms with Crippen molar-refractivity contribution in [1.82, 2.24) is 4.90 Å². The van der Waals surface area contributed by atoms with Gasteiger partial charge >= 0.3 is 5.97 Å². The molecule has 1 rings (SSSR count). The Morgan fingerprint density at radius 3 is 2.39 bits per heavy atom. The van der Waals surface area contributed by atoms with Crippen LogP contribution >= 0.6 is 11.6 Å². The Morgan fingerprint density at radius 1 is 1.39 bits per heavy atom. The first-order valence-corrected chi connectivity index (χ1v) is 5.52. The van der Waals surface area contributed by atoms with E-state index in [4.69, 9.17) is 16.7 Å². The van der Waals surface area contributed by atoms with Crippen LogP contribution in [-0.2, 0) is 4.79 Å². The van der Waals surface area contributed by atoms with Crippen LogP contribution in [0.25, 0.3) is 0 Å². The van der Waals surface area contributed by atoms with Crippen LogP contribution in [0.1, 0.15) is 24.2 Å². The van der Waals surface area contributed by atoms with Crippen LogP contribution in [0, 0.1) is 5.82 Å². The van der Waals surface area contributed by atoms with Gasteiger partial charge in [0.05, 0.1) is 5.02 Å². The van der Waals surface area contributed by atoms with Gasteiger partial charge in [-0.1, -0.05) is 11.6 Å². The van der Waals surface area contributed by atoms with E-state index in [9.17, 15) is 14.0 Å². The molecular weight excluding hydrogens is 261 g/mol. The van der Waals surface area contributed by atoms with E-state index >= 15 is 0 Å². The predicted molar refractivity (Wildman–Crippen MR) is 65.2 cm³/mol. The standard InChI is InChI=1S/C12H13ClFNO3/c1-12(2,11(17)18)15(3)10(16)7-4-5-9(14)8(13)6-7/h4-6H,1-3H3,(H,17,18). The molecule has 1 N–H and O–H groups in total. The van der Waals surface area contributed by atoms with Crippen LogP contribution in [0.4, 0.5) is 4.39 Å². The largest absolute Gasteiger partial charge is 0.480 e. The third-order valence-corrected chi connectivity index (χ3v) is 3.12. The van der Waals surface area contributed by atoms with E-state index in [1.54, 1.807) is 0 Å². The number of benzene rings is 1. The summed E-state index contributed by atoms with van der Waals surface area (Å²) >= 11 is 5.58. The summed E-state index contributed by atoms with van der Waals surface area (Å²) in [5, 5.41) is 8.85. The van der Waals surface area contributed by atoms with Gasteiger partial charge in [-0.15, -0.1) is 0 Å². The number of amides is 1. The van der Waals surface area contributed by atoms with Crippen LogP contribution in [-0.4, -0.2) is 34.5 Å². The highest BCUT2D eigenvalue weighted by Gasteiger charge is 2.35. The quantitative estimate of drug-likeness (QED) is 0.920. The minimum absolute atomic E-state index is 0.137. The number of likely N-dealkylation sites (N-methyl/N-ethyl adjacent to an activating group) is 1. The third-order valence-electron chi connectivity index (χ3n) is 2.83. The molecule has 0 radical (unpaired) electrons. The van der Waals surface area contributed by atoms with Crippen LogP contribution in [0.3, 0.4) is 0 Å². The van der Waals surface area contributed by atoms with E-state index in [2.05, 4.69) is 0 Å². The third kappa shape index (κ3) is 2.61. The van der Waals surface area contributed by atoms with Gasteiger partial charge in [-0.3, -0.25) is 4.79 Å². The summed E-state index contributed by atoms with van der Waals surface area (Å²) in [6.45, 7) is 2.80. The van der Waals surface area contributed by atoms with Gasteiger partial charge in [-0.2, -0.15) is 0 Å². The smallest absolute Gasteiger partial charge is 0.329 e. The average Bonchev–Trinajstić information content (AvgIpc) is 2.30. The summed E-state index contributed by atoms with van der Waals surface area (Å²) in [5.74, 6) is -2.30. The Bertz CT molecular complexity index is 502. The molecule has 0 spiro atoms. The number of halogens is 2. The maximum atomic E-state index is 13.0. The molecule has 0 saturated heterocycles. The van der Waals surface area contributed by atoms with E-state index < -0.39 is 23.2 Å². The zero-order chi connectivity index (χ0) is 14.1. The highest BCUT2D eigenvalue weighted by molar-refractivity contribution is 6.31. The van der Waals surface area contributed by atoms with E-state index in [0.29, 0.717) is 0 Å². The lowest BCUT2D eigenvalue weighted by atomic mass is 10.0. The average molecular weight is 274 g/mol. The minimum Gasteiger partial charge on any atom is -0.480 e. The van der Waals surface area contributed by atoms with Crippen molar-refractivity contribution in [2.45, 2.75) is 19.4 Å². The second-order valence-corrected chi connectivity index (χ2v) is 4.76. The van der Waals surface area contributed by atoms with Crippen molar-refractivity contribution in [3.8, 4) is 0 Å². The first-order valence-electron chi connectivity index (χ1n) is 5.14. The SMILES string of the molecule is CN(C(=O)c1ccc(F)c(Cl)c1)C(C)(C)C(=O)O. The lowest BCUT2D eigenvalue weighted by Crippen LogP contribution is -2.50. The van der Waals surface area contributed by atoms with Gasteiger partial charge in [-0.25, -0.2) is 9.18 Å². The van der Waals surface area contributed by atoms with Gasteiger partial charge in [-0.05, 0) is 32.0 Å². The summed E-state index contributed by atoms with van der Waals surface area (Å²) in [6, 6.07) is 3.50. The Morgan fingerprint density at radius 2 is 1.94 bits per heavy atom. The molecule has 0 unspecified atom stereocenters. The monoisotopic (exact) mass is 273 g/mol. The zero-order valence-corrected chi connectivity index (χ0v) is 11.0. The number of carboxylic acids is 1. The lowest BCUT2D eigenvalue weighted by Gasteiger charge is -2.31. The highest BCUT2D eigenvalue weighted by Crippen LogP contribution is 2.20. The molecule has 0 saturated carbocycles. The van der Waals surface area contributed by atoms with Crippen LogP contribution in [0.15, 0.2) is 18.2 Å². The topological polar surface area (TPSA) is 57.6 Å². The molecule has 0 atom stereocenters. The molecule has 0 aliphatic carbocycles. The van der Waals surface area contributed by atoms with Crippen LogP contribution < -0.4 is 0 Å². The van der Waals surface area contributed by atoms with Gasteiger partial charge in [0, 0.05) is 12.6 Å². The number of carboxylic acid groups (broad SMARTS) is 1. The van der Waals surface area contributed by atoms with Crippen molar-refractivity contribution in [3.05, 3.63) is 34.6 Å². The minimum atomic E-state index is -1.36. The fraction of sp³-hybridized carbons (Fsp3) is 0.333. The van der Waals surface area contributed by atoms with Gasteiger partial charge in [0.25, 0.3) is 5.91 Å². The van der Waals surface area contributed by atoms with Crippen molar-refractivity contribution in [2.24, 2.45) is 0 Å². The Kier molecular flexibility index (Phi) is 3.96. The summed E-state index contributed by atoms with van der Waals surface area (Å²) in [5.41, 5.74) is -1.23. The molecule has 1 amide bonds. The maximum Gasteiger partial charge on any atom is 0.329 e. The maximum absolute atomic E-state index is 13.0. The normalized spacial score (nSPS) is 11.2. The number of rotatable bonds is 3. The molecular formula is C12H13ClFNO3. The Hall–Kier alpha value is -1.62. The summed E-state index contributed by atoms with van der Waals surface area (Å²) in [4.78, 5) is 24.1. The summed E-state index contributed by atoms with van der Waals surface area (Å²) in [6.07, 6.45) is 0. The Balaban J connectivity index is 3.07. The van der Waals surface area contributed by atoms with Crippen LogP contribution in [0.5, 0.6) is 0 Å². The van der Waals surface area contributed by atoms with Crippen molar-refractivity contribution in [3.63, 3.8) is 0 Å². The Labute approximate surface area is 109 Å². The lowest BCUT2D eigenvalue weighted by molar-refractivity contribution is -0.147. The number of aliphatic carboxylic acids is 1. The first kappa shape index (κ1) is 14.4. The molecule has 0 bridgehead atoms. The zero-order valence-electron chi connectivity index (χ0n) is 10.2. The van der Waals surface area contributed by atoms with Crippen molar-refractivity contribution < 1.29 is 19.1 Å². The molecule has 0 aliphatic rings. The molecule has 98 valence electrons. The van der Waals surface area contributed by atoms with Crippen molar-refractivity contribution in [2.75, 3.05) is 7.05 Å². The summed E-state index contributed by atoms with van der Waals surface area (Å²) in [7, 11) is 1.37. The van der Waals surface area contributed by atoms with Gasteiger partial charge in [0.1, 0.15) is 11.4 Å². The number of carbonyl (C=O) groups excluding carboxylic acids is 1. The number of carbonyl (C=O) groups is 2. The number of hydrogen-bond donors (Lipinski definition) is 1. The number of nitrogens with zero attached hydrogens (tertiary/aromatic N) is 1. The van der Waals surface area contributed by atoms with Crippen molar-refractivity contribution >= 4 is 23.5 Å². The molecule has 1 aromatic rings. The fourth-order valence-corrected chi connectivity index (χ4v) is 1.40. The molecule has 0 fully saturated rings. The second kappa shape index (κ2) is 4.94. The fourth-order valence-electron chi connectivity index (χ4n) is 1.22. The molecule has 0 aliphatic heterocycles. The molecule has 1 aromatic carbocycles. The molecule has 18 heavy (non-hydrogen) atoms.